The number of nitrogens with two attached hydrogens (primary N) is 1. The lowest BCUT2D eigenvalue weighted by atomic mass is 9.94. The van der Waals surface area contributed by atoms with Crippen molar-refractivity contribution in [3.63, 3.8) is 0 Å². The number of methoxy groups -OCH3 is 1. The molecule has 0 radical (unpaired) electrons. The highest BCUT2D eigenvalue weighted by molar-refractivity contribution is 4.71. The molecule has 0 amide bonds. The van der Waals surface area contributed by atoms with E-state index in [2.05, 4.69) is 0 Å². The second-order valence-electron chi connectivity index (χ2n) is 4.76. The fraction of sp³-hybridized carbons (Fsp3) is 1.00. The normalized spacial score (nSPS) is 25.8. The largest absolute Gasteiger partial charge is 0.365 e. The van der Waals surface area contributed by atoms with Crippen LogP contribution in [-0.2, 0) is 4.74 Å². The van der Waals surface area contributed by atoms with Gasteiger partial charge in [-0.25, -0.2) is 0 Å². The van der Waals surface area contributed by atoms with Crippen LogP contribution >= 0.6 is 0 Å². The summed E-state index contributed by atoms with van der Waals surface area (Å²) in [6, 6.07) is 0.546. The van der Waals surface area contributed by atoms with E-state index in [4.69, 9.17) is 10.5 Å². The van der Waals surface area contributed by atoms with Crippen LogP contribution in [-0.4, -0.2) is 24.0 Å². The van der Waals surface area contributed by atoms with Crippen molar-refractivity contribution >= 4 is 0 Å². The number of aliphatic hydroxyl groups is 1. The summed E-state index contributed by atoms with van der Waals surface area (Å²) in [6.07, 6.45) is 10.3. The second kappa shape index (κ2) is 6.46. The van der Waals surface area contributed by atoms with Crippen molar-refractivity contribution in [2.75, 3.05) is 7.11 Å². The molecule has 2 saturated carbocycles. The van der Waals surface area contributed by atoms with Gasteiger partial charge in [-0.05, 0) is 25.7 Å². The highest BCUT2D eigenvalue weighted by Crippen LogP contribution is 2.27. The number of ether oxygens (including phenoxy) is 1. The molecule has 2 fully saturated rings. The van der Waals surface area contributed by atoms with Crippen molar-refractivity contribution < 1.29 is 9.84 Å². The highest BCUT2D eigenvalue weighted by atomic mass is 16.6. The van der Waals surface area contributed by atoms with Crippen LogP contribution in [0.15, 0.2) is 0 Å². The van der Waals surface area contributed by atoms with Crippen LogP contribution < -0.4 is 5.73 Å². The van der Waals surface area contributed by atoms with E-state index in [0.29, 0.717) is 6.04 Å². The van der Waals surface area contributed by atoms with Crippen LogP contribution in [0.2, 0.25) is 0 Å². The third-order valence-corrected chi connectivity index (χ3v) is 3.41. The van der Waals surface area contributed by atoms with Gasteiger partial charge in [0.2, 0.25) is 0 Å². The first kappa shape index (κ1) is 12.9. The molecular formula is C12H25NO2. The van der Waals surface area contributed by atoms with Crippen LogP contribution in [0.5, 0.6) is 0 Å². The summed E-state index contributed by atoms with van der Waals surface area (Å²) in [5.41, 5.74) is 5.53. The molecule has 0 unspecified atom stereocenters. The Morgan fingerprint density at radius 2 is 1.60 bits per heavy atom. The first-order chi connectivity index (χ1) is 7.16. The average molecular weight is 215 g/mol. The second-order valence-corrected chi connectivity index (χ2v) is 4.76. The van der Waals surface area contributed by atoms with Crippen molar-refractivity contribution in [1.29, 1.82) is 0 Å². The molecule has 0 spiro atoms. The average Bonchev–Trinajstić information content (AvgIpc) is 2.71. The van der Waals surface area contributed by atoms with E-state index in [0.717, 1.165) is 25.7 Å². The SMILES string of the molecule is COC1(O)CCCCC1.NC1CCCC1. The van der Waals surface area contributed by atoms with Crippen molar-refractivity contribution in [3.8, 4) is 0 Å². The third-order valence-electron chi connectivity index (χ3n) is 3.41. The van der Waals surface area contributed by atoms with Crippen molar-refractivity contribution in [3.05, 3.63) is 0 Å². The number of hydrogen-bond donors (Lipinski definition) is 2. The van der Waals surface area contributed by atoms with Gasteiger partial charge in [0.15, 0.2) is 5.79 Å². The molecule has 0 heterocycles. The molecule has 0 aliphatic heterocycles. The minimum absolute atomic E-state index is 0.546. The number of rotatable bonds is 1. The first-order valence-electron chi connectivity index (χ1n) is 6.19. The zero-order chi connectivity index (χ0) is 11.1. The Labute approximate surface area is 93.0 Å². The Hall–Kier alpha value is -0.120. The fourth-order valence-corrected chi connectivity index (χ4v) is 2.27. The zero-order valence-electron chi connectivity index (χ0n) is 9.87. The molecule has 0 aromatic heterocycles. The molecule has 90 valence electrons. The predicted octanol–water partition coefficient (Wildman–Crippen LogP) is 2.17. The Kier molecular flexibility index (Phi) is 5.58. The van der Waals surface area contributed by atoms with E-state index >= 15 is 0 Å². The van der Waals surface area contributed by atoms with E-state index in [1.807, 2.05) is 0 Å². The lowest BCUT2D eigenvalue weighted by Gasteiger charge is -2.29. The van der Waals surface area contributed by atoms with E-state index < -0.39 is 5.79 Å². The maximum Gasteiger partial charge on any atom is 0.165 e. The molecule has 2 aliphatic carbocycles. The molecule has 3 N–H and O–H groups in total. The first-order valence-corrected chi connectivity index (χ1v) is 6.19. The molecule has 3 nitrogen and oxygen atoms in total. The topological polar surface area (TPSA) is 55.5 Å². The molecule has 0 saturated heterocycles. The Balaban J connectivity index is 0.000000162. The summed E-state index contributed by atoms with van der Waals surface area (Å²) in [6.45, 7) is 0. The molecule has 0 bridgehead atoms. The van der Waals surface area contributed by atoms with Gasteiger partial charge < -0.3 is 15.6 Å². The zero-order valence-corrected chi connectivity index (χ0v) is 9.87. The lowest BCUT2D eigenvalue weighted by Crippen LogP contribution is -2.32. The minimum Gasteiger partial charge on any atom is -0.365 e. The summed E-state index contributed by atoms with van der Waals surface area (Å²) in [5, 5.41) is 9.46. The van der Waals surface area contributed by atoms with Crippen LogP contribution in [0, 0.1) is 0 Å². The molecule has 0 atom stereocenters. The van der Waals surface area contributed by atoms with Gasteiger partial charge in [-0.15, -0.1) is 0 Å². The third kappa shape index (κ3) is 4.96. The van der Waals surface area contributed by atoms with Gasteiger partial charge >= 0.3 is 0 Å². The minimum atomic E-state index is -0.780. The van der Waals surface area contributed by atoms with Gasteiger partial charge in [0.1, 0.15) is 0 Å². The number of hydrogen-bond acceptors (Lipinski definition) is 3. The van der Waals surface area contributed by atoms with Crippen molar-refractivity contribution in [1.82, 2.24) is 0 Å². The van der Waals surface area contributed by atoms with E-state index in [9.17, 15) is 5.11 Å². The molecule has 0 aromatic rings. The van der Waals surface area contributed by atoms with Gasteiger partial charge in [-0.2, -0.15) is 0 Å². The van der Waals surface area contributed by atoms with Crippen LogP contribution in [0.1, 0.15) is 57.8 Å². The van der Waals surface area contributed by atoms with Crippen LogP contribution in [0.25, 0.3) is 0 Å². The van der Waals surface area contributed by atoms with Gasteiger partial charge in [-0.1, -0.05) is 19.3 Å². The molecular weight excluding hydrogens is 190 g/mol. The van der Waals surface area contributed by atoms with Crippen molar-refractivity contribution in [2.24, 2.45) is 5.73 Å². The highest BCUT2D eigenvalue weighted by Gasteiger charge is 2.27. The van der Waals surface area contributed by atoms with Gasteiger partial charge in [0.25, 0.3) is 0 Å². The van der Waals surface area contributed by atoms with E-state index in [-0.39, 0.29) is 0 Å². The Morgan fingerprint density at radius 1 is 1.07 bits per heavy atom. The van der Waals surface area contributed by atoms with Crippen LogP contribution in [0.4, 0.5) is 0 Å². The predicted molar refractivity (Wildman–Crippen MR) is 61.5 cm³/mol. The van der Waals surface area contributed by atoms with E-state index in [1.54, 1.807) is 7.11 Å². The standard InChI is InChI=1S/C7H14O2.C5H11N/c1-9-7(8)5-3-2-4-6-7;6-5-3-1-2-4-5/h8H,2-6H2,1H3;5H,1-4,6H2. The van der Waals surface area contributed by atoms with Gasteiger partial charge in [0.05, 0.1) is 0 Å². The maximum absolute atomic E-state index is 9.46. The summed E-state index contributed by atoms with van der Waals surface area (Å²) in [5.74, 6) is -0.780. The summed E-state index contributed by atoms with van der Waals surface area (Å²) in [4.78, 5) is 0. The summed E-state index contributed by atoms with van der Waals surface area (Å²) >= 11 is 0. The lowest BCUT2D eigenvalue weighted by molar-refractivity contribution is -0.202. The molecule has 2 rings (SSSR count). The van der Waals surface area contributed by atoms with Gasteiger partial charge in [0, 0.05) is 26.0 Å². The van der Waals surface area contributed by atoms with Gasteiger partial charge in [-0.3, -0.25) is 0 Å². The molecule has 15 heavy (non-hydrogen) atoms. The molecule has 2 aliphatic rings. The Morgan fingerprint density at radius 3 is 1.87 bits per heavy atom. The quantitative estimate of drug-likeness (QED) is 0.659. The summed E-state index contributed by atoms with van der Waals surface area (Å²) < 4.78 is 4.93. The van der Waals surface area contributed by atoms with E-state index in [1.165, 1.54) is 32.1 Å². The van der Waals surface area contributed by atoms with Crippen LogP contribution in [0.3, 0.4) is 0 Å². The maximum atomic E-state index is 9.46. The fourth-order valence-electron chi connectivity index (χ4n) is 2.27. The van der Waals surface area contributed by atoms with Crippen molar-refractivity contribution in [2.45, 2.75) is 69.6 Å². The molecule has 0 aromatic carbocycles. The Bertz CT molecular complexity index is 161. The monoisotopic (exact) mass is 215 g/mol. The smallest absolute Gasteiger partial charge is 0.165 e. The molecule has 3 heteroatoms. The summed E-state index contributed by atoms with van der Waals surface area (Å²) in [7, 11) is 1.57.